The molecule has 35 heavy (non-hydrogen) atoms. The molecule has 0 heterocycles. The Morgan fingerprint density at radius 2 is 1.51 bits per heavy atom. The highest BCUT2D eigenvalue weighted by atomic mass is 14.6. The Bertz CT molecular complexity index is 1610. The molecule has 0 bridgehead atoms. The Morgan fingerprint density at radius 3 is 2.40 bits per heavy atom. The van der Waals surface area contributed by atoms with Crippen molar-refractivity contribution in [1.29, 1.82) is 0 Å². The standard InChI is InChI=1S/C35H34/c1-21-9-14-32-31(19-21)34-26(11-12-28-27-8-6-5-7-25(27)10-13-29(28)34)16-18-35(32)17-15-22(2)23(3)24(4)30-20-33(30)35/h5-14,19,33H,15-18,20H2,1-4H3. The predicted molar refractivity (Wildman–Crippen MR) is 150 cm³/mol. The van der Waals surface area contributed by atoms with Gasteiger partial charge >= 0.3 is 0 Å². The fourth-order valence-corrected chi connectivity index (χ4v) is 7.51. The third kappa shape index (κ3) is 2.99. The van der Waals surface area contributed by atoms with Crippen LogP contribution in [0.2, 0.25) is 0 Å². The van der Waals surface area contributed by atoms with Gasteiger partial charge in [0.1, 0.15) is 0 Å². The van der Waals surface area contributed by atoms with Crippen LogP contribution in [0.15, 0.2) is 89.0 Å². The molecule has 0 aliphatic heterocycles. The second-order valence-electron chi connectivity index (χ2n) is 11.5. The summed E-state index contributed by atoms with van der Waals surface area (Å²) in [5.41, 5.74) is 14.2. The molecule has 0 aromatic heterocycles. The van der Waals surface area contributed by atoms with Crippen molar-refractivity contribution >= 4 is 21.5 Å². The van der Waals surface area contributed by atoms with Crippen LogP contribution in [0.25, 0.3) is 32.7 Å². The second-order valence-corrected chi connectivity index (χ2v) is 11.5. The van der Waals surface area contributed by atoms with Crippen LogP contribution in [0.4, 0.5) is 0 Å². The summed E-state index contributed by atoms with van der Waals surface area (Å²) in [6.07, 6.45) is 6.18. The van der Waals surface area contributed by atoms with Gasteiger partial charge in [-0.25, -0.2) is 0 Å². The second kappa shape index (κ2) is 7.44. The quantitative estimate of drug-likeness (QED) is 0.232. The van der Waals surface area contributed by atoms with Gasteiger partial charge in [-0.05, 0) is 121 Å². The Morgan fingerprint density at radius 1 is 0.714 bits per heavy atom. The zero-order valence-corrected chi connectivity index (χ0v) is 21.5. The van der Waals surface area contributed by atoms with E-state index >= 15 is 0 Å². The fraction of sp³-hybridized carbons (Fsp3) is 0.314. The van der Waals surface area contributed by atoms with E-state index in [0.29, 0.717) is 5.92 Å². The van der Waals surface area contributed by atoms with Gasteiger partial charge in [-0.15, -0.1) is 0 Å². The lowest BCUT2D eigenvalue weighted by molar-refractivity contribution is 0.326. The van der Waals surface area contributed by atoms with Crippen molar-refractivity contribution in [2.75, 3.05) is 0 Å². The molecule has 3 aliphatic rings. The lowest BCUT2D eigenvalue weighted by Crippen LogP contribution is -2.30. The topological polar surface area (TPSA) is 0 Å². The first-order valence-corrected chi connectivity index (χ1v) is 13.4. The van der Waals surface area contributed by atoms with Gasteiger partial charge in [0.25, 0.3) is 0 Å². The Balaban J connectivity index is 1.52. The number of fused-ring (bicyclic) bond motifs is 10. The Hall–Kier alpha value is -3.12. The lowest BCUT2D eigenvalue weighted by atomic mass is 9.67. The van der Waals surface area contributed by atoms with Crippen molar-refractivity contribution in [2.24, 2.45) is 5.92 Å². The molecule has 1 spiro atoms. The number of allylic oxidation sites excluding steroid dienone is 4. The van der Waals surface area contributed by atoms with Crippen molar-refractivity contribution in [3.63, 3.8) is 0 Å². The molecule has 0 radical (unpaired) electrons. The molecule has 7 rings (SSSR count). The third-order valence-corrected chi connectivity index (χ3v) is 9.82. The summed E-state index contributed by atoms with van der Waals surface area (Å²) in [6, 6.07) is 25.8. The summed E-state index contributed by atoms with van der Waals surface area (Å²) >= 11 is 0. The molecular formula is C35H34. The van der Waals surface area contributed by atoms with Crippen LogP contribution in [0.1, 0.15) is 63.1 Å². The summed E-state index contributed by atoms with van der Waals surface area (Å²) in [7, 11) is 0. The molecule has 4 aromatic rings. The minimum atomic E-state index is 0.240. The van der Waals surface area contributed by atoms with Crippen LogP contribution in [0.3, 0.4) is 0 Å². The van der Waals surface area contributed by atoms with Gasteiger partial charge in [0.15, 0.2) is 0 Å². The molecule has 4 aromatic carbocycles. The molecule has 1 saturated carbocycles. The first-order valence-electron chi connectivity index (χ1n) is 13.4. The maximum absolute atomic E-state index is 2.51. The highest BCUT2D eigenvalue weighted by molar-refractivity contribution is 6.13. The SMILES string of the molecule is CC1=C(C)C(C)=C2CC2C2(CC1)CCc1ccc3c(ccc4ccccc43)c1-c1cc(C)ccc12. The van der Waals surface area contributed by atoms with Gasteiger partial charge in [0, 0.05) is 5.41 Å². The van der Waals surface area contributed by atoms with E-state index in [4.69, 9.17) is 0 Å². The molecule has 0 nitrogen and oxygen atoms in total. The average Bonchev–Trinajstić information content (AvgIpc) is 3.69. The number of hydrogen-bond acceptors (Lipinski definition) is 0. The fourth-order valence-electron chi connectivity index (χ4n) is 7.51. The first kappa shape index (κ1) is 21.2. The van der Waals surface area contributed by atoms with Gasteiger partial charge < -0.3 is 0 Å². The minimum absolute atomic E-state index is 0.240. The molecule has 0 heteroatoms. The van der Waals surface area contributed by atoms with Gasteiger partial charge in [-0.1, -0.05) is 83.4 Å². The van der Waals surface area contributed by atoms with Crippen molar-refractivity contribution in [3.8, 4) is 11.1 Å². The molecule has 0 amide bonds. The molecule has 174 valence electrons. The summed E-state index contributed by atoms with van der Waals surface area (Å²) in [5.74, 6) is 0.702. The van der Waals surface area contributed by atoms with E-state index in [-0.39, 0.29) is 5.41 Å². The zero-order valence-electron chi connectivity index (χ0n) is 21.5. The minimum Gasteiger partial charge on any atom is -0.0701 e. The highest BCUT2D eigenvalue weighted by Gasteiger charge is 2.52. The predicted octanol–water partition coefficient (Wildman–Crippen LogP) is 9.62. The zero-order chi connectivity index (χ0) is 23.9. The largest absolute Gasteiger partial charge is 0.0701 e. The molecule has 0 saturated heterocycles. The smallest absolute Gasteiger partial charge is 0.00340 e. The van der Waals surface area contributed by atoms with Crippen molar-refractivity contribution in [2.45, 2.75) is 65.2 Å². The van der Waals surface area contributed by atoms with Gasteiger partial charge in [0.2, 0.25) is 0 Å². The van der Waals surface area contributed by atoms with E-state index in [9.17, 15) is 0 Å². The van der Waals surface area contributed by atoms with Gasteiger partial charge in [-0.3, -0.25) is 0 Å². The summed E-state index contributed by atoms with van der Waals surface area (Å²) in [4.78, 5) is 0. The van der Waals surface area contributed by atoms with E-state index in [1.165, 1.54) is 69.5 Å². The summed E-state index contributed by atoms with van der Waals surface area (Å²) in [6.45, 7) is 9.37. The Labute approximate surface area is 209 Å². The van der Waals surface area contributed by atoms with E-state index in [2.05, 4.69) is 94.4 Å². The Kier molecular flexibility index (Phi) is 4.50. The number of aryl methyl sites for hydroxylation is 2. The van der Waals surface area contributed by atoms with E-state index in [0.717, 1.165) is 6.42 Å². The first-order chi connectivity index (χ1) is 17.0. The maximum atomic E-state index is 2.51. The number of rotatable bonds is 0. The number of hydrogen-bond donors (Lipinski definition) is 0. The number of benzene rings is 4. The van der Waals surface area contributed by atoms with Crippen LogP contribution in [-0.4, -0.2) is 0 Å². The normalized spacial score (nSPS) is 23.6. The van der Waals surface area contributed by atoms with Gasteiger partial charge in [0.05, 0.1) is 0 Å². The van der Waals surface area contributed by atoms with Crippen LogP contribution in [0.5, 0.6) is 0 Å². The summed E-state index contributed by atoms with van der Waals surface area (Å²) in [5, 5.41) is 5.51. The third-order valence-electron chi connectivity index (χ3n) is 9.82. The van der Waals surface area contributed by atoms with Crippen molar-refractivity contribution in [1.82, 2.24) is 0 Å². The maximum Gasteiger partial charge on any atom is 0.00340 e. The van der Waals surface area contributed by atoms with Crippen molar-refractivity contribution < 1.29 is 0 Å². The van der Waals surface area contributed by atoms with Crippen LogP contribution >= 0.6 is 0 Å². The average molecular weight is 455 g/mol. The lowest BCUT2D eigenvalue weighted by Gasteiger charge is -2.37. The molecule has 0 N–H and O–H groups in total. The van der Waals surface area contributed by atoms with Crippen LogP contribution in [-0.2, 0) is 11.8 Å². The van der Waals surface area contributed by atoms with E-state index in [1.807, 2.05) is 0 Å². The van der Waals surface area contributed by atoms with Crippen LogP contribution in [0, 0.1) is 12.8 Å². The van der Waals surface area contributed by atoms with Crippen molar-refractivity contribution in [3.05, 3.63) is 106 Å². The van der Waals surface area contributed by atoms with Crippen LogP contribution < -0.4 is 0 Å². The molecule has 2 unspecified atom stereocenters. The monoisotopic (exact) mass is 454 g/mol. The summed E-state index contributed by atoms with van der Waals surface area (Å²) < 4.78 is 0. The molecular weight excluding hydrogens is 420 g/mol. The van der Waals surface area contributed by atoms with E-state index < -0.39 is 0 Å². The molecule has 2 atom stereocenters. The molecule has 1 fully saturated rings. The van der Waals surface area contributed by atoms with E-state index in [1.54, 1.807) is 27.9 Å². The highest BCUT2D eigenvalue weighted by Crippen LogP contribution is 2.62. The van der Waals surface area contributed by atoms with Gasteiger partial charge in [-0.2, -0.15) is 0 Å². The molecule has 3 aliphatic carbocycles.